The lowest BCUT2D eigenvalue weighted by atomic mass is 10.1. The quantitative estimate of drug-likeness (QED) is 0.624. The Bertz CT molecular complexity index is 646. The molecule has 1 fully saturated rings. The Labute approximate surface area is 125 Å². The Hall–Kier alpha value is -1.16. The Morgan fingerprint density at radius 1 is 1.14 bits per heavy atom. The molecular weight excluding hydrogens is 326 g/mol. The summed E-state index contributed by atoms with van der Waals surface area (Å²) >= 11 is 0. The highest BCUT2D eigenvalue weighted by Gasteiger charge is 2.51. The number of nitrogens with zero attached hydrogens (tertiary/aromatic N) is 3. The SMILES string of the molecule is Cn1cc(S(=O)(=O)C(C)(F)N2CCCCC2)c(C(F)(F)F)n1. The zero-order chi connectivity index (χ0) is 16.8. The minimum Gasteiger partial charge on any atom is -0.274 e. The lowest BCUT2D eigenvalue weighted by Crippen LogP contribution is -2.51. The number of aryl methyl sites for hydroxylation is 1. The van der Waals surface area contributed by atoms with E-state index in [0.717, 1.165) is 30.0 Å². The first-order chi connectivity index (χ1) is 9.98. The fourth-order valence-electron chi connectivity index (χ4n) is 2.52. The van der Waals surface area contributed by atoms with Crippen molar-refractivity contribution in [3.05, 3.63) is 11.9 Å². The van der Waals surface area contributed by atoms with E-state index in [2.05, 4.69) is 5.10 Å². The van der Waals surface area contributed by atoms with Crippen molar-refractivity contribution < 1.29 is 26.0 Å². The van der Waals surface area contributed by atoms with Crippen molar-refractivity contribution in [3.63, 3.8) is 0 Å². The fourth-order valence-corrected chi connectivity index (χ4v) is 4.15. The third kappa shape index (κ3) is 2.85. The number of piperidine rings is 1. The van der Waals surface area contributed by atoms with E-state index in [9.17, 15) is 26.0 Å². The van der Waals surface area contributed by atoms with Gasteiger partial charge in [-0.3, -0.25) is 9.58 Å². The number of hydrogen-bond acceptors (Lipinski definition) is 4. The van der Waals surface area contributed by atoms with Gasteiger partial charge in [0.15, 0.2) is 5.69 Å². The van der Waals surface area contributed by atoms with Gasteiger partial charge in [0.2, 0.25) is 9.84 Å². The number of sulfone groups is 1. The first kappa shape index (κ1) is 17.2. The highest BCUT2D eigenvalue weighted by Crippen LogP contribution is 2.39. The van der Waals surface area contributed by atoms with Crippen molar-refractivity contribution in [1.29, 1.82) is 0 Å². The first-order valence-electron chi connectivity index (χ1n) is 6.77. The molecule has 2 heterocycles. The van der Waals surface area contributed by atoms with E-state index in [1.165, 1.54) is 0 Å². The van der Waals surface area contributed by atoms with Crippen LogP contribution < -0.4 is 0 Å². The average Bonchev–Trinajstić information content (AvgIpc) is 2.82. The largest absolute Gasteiger partial charge is 0.436 e. The van der Waals surface area contributed by atoms with Gasteiger partial charge in [0.25, 0.3) is 5.12 Å². The van der Waals surface area contributed by atoms with Crippen molar-refractivity contribution in [2.24, 2.45) is 7.05 Å². The zero-order valence-electron chi connectivity index (χ0n) is 12.2. The summed E-state index contributed by atoms with van der Waals surface area (Å²) in [6, 6.07) is 0. The molecule has 0 saturated carbocycles. The number of halogens is 4. The molecule has 1 aromatic rings. The molecule has 1 atom stereocenters. The molecule has 126 valence electrons. The summed E-state index contributed by atoms with van der Waals surface area (Å²) in [5, 5.41) is 0.228. The molecule has 0 aliphatic carbocycles. The molecular formula is C12H17F4N3O2S. The third-order valence-electron chi connectivity index (χ3n) is 3.76. The minimum absolute atomic E-state index is 0.188. The second-order valence-electron chi connectivity index (χ2n) is 5.43. The van der Waals surface area contributed by atoms with Gasteiger partial charge in [0.1, 0.15) is 4.90 Å². The smallest absolute Gasteiger partial charge is 0.274 e. The molecule has 1 unspecified atom stereocenters. The predicted octanol–water partition coefficient (Wildman–Crippen LogP) is 2.34. The van der Waals surface area contributed by atoms with Crippen LogP contribution in [0.15, 0.2) is 11.1 Å². The zero-order valence-corrected chi connectivity index (χ0v) is 13.0. The Morgan fingerprint density at radius 3 is 2.18 bits per heavy atom. The molecule has 0 N–H and O–H groups in total. The molecule has 0 aromatic carbocycles. The van der Waals surface area contributed by atoms with Crippen LogP contribution in [-0.4, -0.2) is 41.3 Å². The van der Waals surface area contributed by atoms with Gasteiger partial charge >= 0.3 is 6.18 Å². The summed E-state index contributed by atoms with van der Waals surface area (Å²) in [4.78, 5) is -0.0583. The van der Waals surface area contributed by atoms with Crippen LogP contribution in [-0.2, 0) is 23.1 Å². The number of aromatic nitrogens is 2. The lowest BCUT2D eigenvalue weighted by Gasteiger charge is -2.36. The molecule has 5 nitrogen and oxygen atoms in total. The van der Waals surface area contributed by atoms with Gasteiger partial charge in [-0.05, 0) is 19.8 Å². The number of rotatable bonds is 3. The van der Waals surface area contributed by atoms with E-state index in [4.69, 9.17) is 0 Å². The fraction of sp³-hybridized carbons (Fsp3) is 0.750. The monoisotopic (exact) mass is 343 g/mol. The topological polar surface area (TPSA) is 55.2 Å². The number of likely N-dealkylation sites (tertiary alicyclic amines) is 1. The van der Waals surface area contributed by atoms with Gasteiger partial charge in [-0.1, -0.05) is 6.42 Å². The highest BCUT2D eigenvalue weighted by atomic mass is 32.2. The van der Waals surface area contributed by atoms with Gasteiger partial charge in [-0.25, -0.2) is 12.8 Å². The molecule has 2 rings (SSSR count). The van der Waals surface area contributed by atoms with Gasteiger partial charge in [-0.2, -0.15) is 18.3 Å². The van der Waals surface area contributed by atoms with Gasteiger partial charge in [0, 0.05) is 26.3 Å². The van der Waals surface area contributed by atoms with Gasteiger partial charge in [-0.15, -0.1) is 0 Å². The van der Waals surface area contributed by atoms with Crippen molar-refractivity contribution >= 4 is 9.84 Å². The second-order valence-corrected chi connectivity index (χ2v) is 7.63. The maximum atomic E-state index is 15.0. The predicted molar refractivity (Wildman–Crippen MR) is 70.3 cm³/mol. The first-order valence-corrected chi connectivity index (χ1v) is 8.25. The molecule has 1 aliphatic heterocycles. The van der Waals surface area contributed by atoms with Crippen LogP contribution in [0.3, 0.4) is 0 Å². The van der Waals surface area contributed by atoms with Crippen molar-refractivity contribution in [2.45, 2.75) is 42.4 Å². The van der Waals surface area contributed by atoms with Crippen LogP contribution in [0.2, 0.25) is 0 Å². The van der Waals surface area contributed by atoms with E-state index < -0.39 is 31.7 Å². The molecule has 0 radical (unpaired) electrons. The van der Waals surface area contributed by atoms with Crippen LogP contribution in [0.1, 0.15) is 31.9 Å². The Morgan fingerprint density at radius 2 is 1.68 bits per heavy atom. The molecule has 1 aliphatic rings. The van der Waals surface area contributed by atoms with Crippen molar-refractivity contribution in [3.8, 4) is 0 Å². The van der Waals surface area contributed by atoms with Crippen LogP contribution in [0.25, 0.3) is 0 Å². The summed E-state index contributed by atoms with van der Waals surface area (Å²) in [5.41, 5.74) is -1.59. The normalized spacial score (nSPS) is 20.8. The average molecular weight is 343 g/mol. The van der Waals surface area contributed by atoms with Crippen molar-refractivity contribution in [1.82, 2.24) is 14.7 Å². The molecule has 1 aromatic heterocycles. The molecule has 10 heteroatoms. The Kier molecular flexibility index (Phi) is 4.29. The minimum atomic E-state index is -4.97. The maximum Gasteiger partial charge on any atom is 0.436 e. The Balaban J connectivity index is 2.50. The third-order valence-corrected chi connectivity index (χ3v) is 5.88. The van der Waals surface area contributed by atoms with Crippen LogP contribution in [0.4, 0.5) is 17.6 Å². The van der Waals surface area contributed by atoms with Gasteiger partial charge < -0.3 is 0 Å². The van der Waals surface area contributed by atoms with Crippen LogP contribution in [0.5, 0.6) is 0 Å². The van der Waals surface area contributed by atoms with Gasteiger partial charge in [0.05, 0.1) is 0 Å². The van der Waals surface area contributed by atoms with E-state index in [-0.39, 0.29) is 13.1 Å². The summed E-state index contributed by atoms with van der Waals surface area (Å²) in [6.07, 6.45) is -2.22. The lowest BCUT2D eigenvalue weighted by molar-refractivity contribution is -0.143. The molecule has 1 saturated heterocycles. The number of alkyl halides is 4. The maximum absolute atomic E-state index is 15.0. The summed E-state index contributed by atoms with van der Waals surface area (Å²) in [5.74, 6) is 0. The second kappa shape index (κ2) is 5.48. The van der Waals surface area contributed by atoms with E-state index in [1.54, 1.807) is 0 Å². The van der Waals surface area contributed by atoms with E-state index in [0.29, 0.717) is 19.0 Å². The summed E-state index contributed by atoms with van der Waals surface area (Å²) < 4.78 is 79.4. The van der Waals surface area contributed by atoms with Crippen LogP contribution in [0, 0.1) is 0 Å². The highest BCUT2D eigenvalue weighted by molar-refractivity contribution is 7.92. The summed E-state index contributed by atoms with van der Waals surface area (Å²) in [7, 11) is -3.72. The molecule has 0 spiro atoms. The molecule has 0 amide bonds. The van der Waals surface area contributed by atoms with Crippen molar-refractivity contribution in [2.75, 3.05) is 13.1 Å². The summed E-state index contributed by atoms with van der Waals surface area (Å²) in [6.45, 7) is 1.17. The van der Waals surface area contributed by atoms with E-state index >= 15 is 0 Å². The van der Waals surface area contributed by atoms with E-state index in [1.807, 2.05) is 0 Å². The standard InChI is InChI=1S/C12H17F4N3O2S/c1-11(13,19-6-4-3-5-7-19)22(20,21)9-8-18(2)17-10(9)12(14,15)16/h8H,3-7H2,1-2H3. The number of hydrogen-bond donors (Lipinski definition) is 0. The van der Waals surface area contributed by atoms with Crippen LogP contribution >= 0.6 is 0 Å². The molecule has 0 bridgehead atoms. The molecule has 22 heavy (non-hydrogen) atoms.